The molecule has 0 aromatic carbocycles. The number of carbonyl (C=O) groups excluding carboxylic acids is 2. The Morgan fingerprint density at radius 1 is 0.962 bits per heavy atom. The van der Waals surface area contributed by atoms with Gasteiger partial charge in [0.05, 0.1) is 30.4 Å². The number of carbonyl (C=O) groups is 2. The molecule has 138 valence electrons. The van der Waals surface area contributed by atoms with E-state index in [0.717, 1.165) is 25.0 Å². The molecule has 0 atom stereocenters. The van der Waals surface area contributed by atoms with Crippen LogP contribution in [0, 0.1) is 0 Å². The van der Waals surface area contributed by atoms with Crippen LogP contribution in [0.15, 0.2) is 41.8 Å². The highest BCUT2D eigenvalue weighted by Crippen LogP contribution is 2.18. The SMILES string of the molecule is CC(=O)OCCCCCOC(=O)CSc1nccc(-c2ccccn2)n1. The van der Waals surface area contributed by atoms with Crippen molar-refractivity contribution in [2.45, 2.75) is 31.3 Å². The Morgan fingerprint density at radius 3 is 2.50 bits per heavy atom. The zero-order valence-electron chi connectivity index (χ0n) is 14.6. The van der Waals surface area contributed by atoms with Gasteiger partial charge in [-0.05, 0) is 37.5 Å². The number of esters is 2. The summed E-state index contributed by atoms with van der Waals surface area (Å²) < 4.78 is 10.0. The number of unbranched alkanes of at least 4 members (excludes halogenated alkanes) is 2. The van der Waals surface area contributed by atoms with E-state index in [1.54, 1.807) is 18.5 Å². The van der Waals surface area contributed by atoms with Crippen molar-refractivity contribution in [3.63, 3.8) is 0 Å². The maximum absolute atomic E-state index is 11.8. The Morgan fingerprint density at radius 2 is 1.77 bits per heavy atom. The number of thioether (sulfide) groups is 1. The first-order valence-electron chi connectivity index (χ1n) is 8.31. The maximum Gasteiger partial charge on any atom is 0.316 e. The van der Waals surface area contributed by atoms with Crippen LogP contribution in [0.3, 0.4) is 0 Å². The van der Waals surface area contributed by atoms with Crippen molar-refractivity contribution in [1.29, 1.82) is 0 Å². The van der Waals surface area contributed by atoms with Crippen molar-refractivity contribution in [2.75, 3.05) is 19.0 Å². The van der Waals surface area contributed by atoms with Crippen molar-refractivity contribution in [1.82, 2.24) is 15.0 Å². The summed E-state index contributed by atoms with van der Waals surface area (Å²) in [5.74, 6) is -0.427. The van der Waals surface area contributed by atoms with Crippen LogP contribution in [0.25, 0.3) is 11.4 Å². The summed E-state index contributed by atoms with van der Waals surface area (Å²) in [4.78, 5) is 35.2. The van der Waals surface area contributed by atoms with Crippen molar-refractivity contribution in [3.05, 3.63) is 36.7 Å². The van der Waals surface area contributed by atoms with Crippen LogP contribution in [0.2, 0.25) is 0 Å². The van der Waals surface area contributed by atoms with Gasteiger partial charge in [0.15, 0.2) is 5.16 Å². The zero-order chi connectivity index (χ0) is 18.6. The molecule has 7 nitrogen and oxygen atoms in total. The molecule has 0 fully saturated rings. The summed E-state index contributed by atoms with van der Waals surface area (Å²) in [5, 5.41) is 0.506. The van der Waals surface area contributed by atoms with E-state index in [2.05, 4.69) is 15.0 Å². The Bertz CT molecular complexity index is 713. The molecule has 0 aliphatic heterocycles. The van der Waals surface area contributed by atoms with Crippen molar-refractivity contribution in [3.8, 4) is 11.4 Å². The van der Waals surface area contributed by atoms with Gasteiger partial charge in [-0.3, -0.25) is 14.6 Å². The Hall–Kier alpha value is -2.48. The van der Waals surface area contributed by atoms with E-state index >= 15 is 0 Å². The van der Waals surface area contributed by atoms with E-state index in [1.165, 1.54) is 18.7 Å². The predicted molar refractivity (Wildman–Crippen MR) is 97.4 cm³/mol. The number of aromatic nitrogens is 3. The zero-order valence-corrected chi connectivity index (χ0v) is 15.4. The average Bonchev–Trinajstić information content (AvgIpc) is 2.66. The summed E-state index contributed by atoms with van der Waals surface area (Å²) in [6.07, 6.45) is 5.69. The van der Waals surface area contributed by atoms with Gasteiger partial charge < -0.3 is 9.47 Å². The van der Waals surface area contributed by atoms with E-state index in [4.69, 9.17) is 9.47 Å². The van der Waals surface area contributed by atoms with Gasteiger partial charge in [0.25, 0.3) is 0 Å². The molecule has 0 saturated carbocycles. The lowest BCUT2D eigenvalue weighted by Crippen LogP contribution is -2.09. The highest BCUT2D eigenvalue weighted by atomic mass is 32.2. The standard InChI is InChI=1S/C18H21N3O4S/c1-14(22)24-11-5-2-6-12-25-17(23)13-26-18-20-10-8-16(21-18)15-7-3-4-9-19-15/h3-4,7-10H,2,5-6,11-13H2,1H3. The maximum atomic E-state index is 11.8. The summed E-state index contributed by atoms with van der Waals surface area (Å²) in [5.41, 5.74) is 1.47. The van der Waals surface area contributed by atoms with E-state index in [-0.39, 0.29) is 17.7 Å². The second-order valence-electron chi connectivity index (χ2n) is 5.35. The fourth-order valence-electron chi connectivity index (χ4n) is 2.02. The molecule has 0 radical (unpaired) electrons. The van der Waals surface area contributed by atoms with Gasteiger partial charge in [0, 0.05) is 19.3 Å². The predicted octanol–water partition coefficient (Wildman–Crippen LogP) is 2.91. The van der Waals surface area contributed by atoms with Crippen molar-refractivity contribution in [2.24, 2.45) is 0 Å². The molecular weight excluding hydrogens is 354 g/mol. The number of pyridine rings is 1. The number of ether oxygens (including phenoxy) is 2. The Balaban J connectivity index is 1.65. The molecule has 0 saturated heterocycles. The fourth-order valence-corrected chi connectivity index (χ4v) is 2.64. The minimum Gasteiger partial charge on any atom is -0.466 e. The van der Waals surface area contributed by atoms with Crippen LogP contribution in [-0.2, 0) is 19.1 Å². The molecule has 0 aliphatic rings. The monoisotopic (exact) mass is 375 g/mol. The minimum absolute atomic E-state index is 0.152. The largest absolute Gasteiger partial charge is 0.466 e. The van der Waals surface area contributed by atoms with Crippen LogP contribution < -0.4 is 0 Å². The van der Waals surface area contributed by atoms with Crippen LogP contribution in [-0.4, -0.2) is 45.9 Å². The molecule has 0 spiro atoms. The topological polar surface area (TPSA) is 91.3 Å². The van der Waals surface area contributed by atoms with Gasteiger partial charge >= 0.3 is 11.9 Å². The van der Waals surface area contributed by atoms with Crippen molar-refractivity contribution < 1.29 is 19.1 Å². The Kier molecular flexibility index (Phi) is 8.54. The van der Waals surface area contributed by atoms with E-state index in [0.29, 0.717) is 24.1 Å². The second-order valence-corrected chi connectivity index (χ2v) is 6.29. The lowest BCUT2D eigenvalue weighted by Gasteiger charge is -2.05. The highest BCUT2D eigenvalue weighted by Gasteiger charge is 2.08. The molecule has 2 aromatic heterocycles. The Labute approximate surface area is 156 Å². The second kappa shape index (κ2) is 11.2. The van der Waals surface area contributed by atoms with Gasteiger partial charge in [-0.2, -0.15) is 0 Å². The van der Waals surface area contributed by atoms with Gasteiger partial charge in [0.1, 0.15) is 0 Å². The third-order valence-electron chi connectivity index (χ3n) is 3.24. The molecular formula is C18H21N3O4S. The molecule has 0 aliphatic carbocycles. The lowest BCUT2D eigenvalue weighted by molar-refractivity contribution is -0.141. The third kappa shape index (κ3) is 7.60. The van der Waals surface area contributed by atoms with E-state index < -0.39 is 0 Å². The summed E-state index contributed by atoms with van der Waals surface area (Å²) in [6, 6.07) is 7.38. The molecule has 2 heterocycles. The first-order chi connectivity index (χ1) is 12.6. The third-order valence-corrected chi connectivity index (χ3v) is 4.07. The van der Waals surface area contributed by atoms with E-state index in [9.17, 15) is 9.59 Å². The quantitative estimate of drug-likeness (QED) is 0.271. The molecule has 2 rings (SSSR count). The van der Waals surface area contributed by atoms with Gasteiger partial charge in [-0.15, -0.1) is 0 Å². The number of hydrogen-bond acceptors (Lipinski definition) is 8. The van der Waals surface area contributed by atoms with Crippen LogP contribution in [0.5, 0.6) is 0 Å². The first kappa shape index (κ1) is 19.8. The van der Waals surface area contributed by atoms with Gasteiger partial charge in [0.2, 0.25) is 0 Å². The minimum atomic E-state index is -0.304. The molecule has 0 bridgehead atoms. The molecule has 0 N–H and O–H groups in total. The van der Waals surface area contributed by atoms with Gasteiger partial charge in [-0.1, -0.05) is 17.8 Å². The molecule has 0 unspecified atom stereocenters. The average molecular weight is 375 g/mol. The first-order valence-corrected chi connectivity index (χ1v) is 9.30. The highest BCUT2D eigenvalue weighted by molar-refractivity contribution is 7.99. The molecule has 2 aromatic rings. The van der Waals surface area contributed by atoms with Crippen LogP contribution in [0.1, 0.15) is 26.2 Å². The number of rotatable bonds is 10. The summed E-state index contributed by atoms with van der Waals surface area (Å²) >= 11 is 1.23. The number of hydrogen-bond donors (Lipinski definition) is 0. The molecule has 26 heavy (non-hydrogen) atoms. The molecule has 8 heteroatoms. The lowest BCUT2D eigenvalue weighted by atomic mass is 10.2. The summed E-state index contributed by atoms with van der Waals surface area (Å²) in [7, 11) is 0. The van der Waals surface area contributed by atoms with E-state index in [1.807, 2.05) is 18.2 Å². The van der Waals surface area contributed by atoms with Crippen molar-refractivity contribution >= 4 is 23.7 Å². The van der Waals surface area contributed by atoms with Crippen LogP contribution >= 0.6 is 11.8 Å². The van der Waals surface area contributed by atoms with Gasteiger partial charge in [-0.25, -0.2) is 9.97 Å². The smallest absolute Gasteiger partial charge is 0.316 e. The number of nitrogens with zero attached hydrogens (tertiary/aromatic N) is 3. The van der Waals surface area contributed by atoms with Crippen LogP contribution in [0.4, 0.5) is 0 Å². The molecule has 0 amide bonds. The summed E-state index contributed by atoms with van der Waals surface area (Å²) in [6.45, 7) is 2.15. The normalized spacial score (nSPS) is 10.3. The fraction of sp³-hybridized carbons (Fsp3) is 0.389.